The van der Waals surface area contributed by atoms with Crippen molar-refractivity contribution in [2.75, 3.05) is 40.0 Å². The van der Waals surface area contributed by atoms with E-state index in [9.17, 15) is 9.90 Å². The lowest BCUT2D eigenvalue weighted by molar-refractivity contribution is -0.143. The molecule has 0 aliphatic heterocycles. The first-order valence-corrected chi connectivity index (χ1v) is 8.76. The van der Waals surface area contributed by atoms with Gasteiger partial charge in [-0.05, 0) is 24.4 Å². The Labute approximate surface area is 158 Å². The Morgan fingerprint density at radius 2 is 2.30 bits per heavy atom. The van der Waals surface area contributed by atoms with Crippen molar-refractivity contribution in [1.29, 1.82) is 0 Å². The molecule has 1 unspecified atom stereocenters. The Kier molecular flexibility index (Phi) is 11.5. The summed E-state index contributed by atoms with van der Waals surface area (Å²) in [5, 5.41) is 15.9. The van der Waals surface area contributed by atoms with Crippen molar-refractivity contribution >= 4 is 5.97 Å². The van der Waals surface area contributed by atoms with Gasteiger partial charge in [0.2, 0.25) is 5.88 Å². The number of hydrogen-bond donors (Lipinski definition) is 2. The second kappa shape index (κ2) is 13.8. The van der Waals surface area contributed by atoms with Gasteiger partial charge in [0.15, 0.2) is 0 Å². The molecule has 2 N–H and O–H groups in total. The number of carbonyl (C=O) groups excluding carboxylic acids is 1. The molecule has 1 aromatic rings. The predicted octanol–water partition coefficient (Wildman–Crippen LogP) is 1.75. The molecule has 0 aromatic carbocycles. The number of aliphatic hydroxyl groups excluding tert-OH is 1. The van der Waals surface area contributed by atoms with Crippen LogP contribution in [-0.2, 0) is 14.3 Å². The molecule has 0 aliphatic carbocycles. The highest BCUT2D eigenvalue weighted by molar-refractivity contribution is 5.70. The highest BCUT2D eigenvalue weighted by Crippen LogP contribution is 2.19. The molecule has 150 valence electrons. The summed E-state index contributed by atoms with van der Waals surface area (Å²) in [5.41, 5.74) is 9.00. The van der Waals surface area contributed by atoms with Crippen LogP contribution < -0.4 is 10.1 Å². The zero-order valence-corrected chi connectivity index (χ0v) is 15.7. The number of hydrogen-bond acceptors (Lipinski definition) is 8. The van der Waals surface area contributed by atoms with Crippen LogP contribution in [0.3, 0.4) is 0 Å². The lowest BCUT2D eigenvalue weighted by Crippen LogP contribution is -2.35. The standard InChI is InChI=1S/C17H27N5O5/c1-3-26-17(24)9-15(19-11-14(12-23)25-2)13-5-6-16(20-10-13)27-8-4-7-21-22-18/h5-6,10,14-15,19,23H,3-4,7-9,11-12H2,1-2H3/t14?,15-/m0/s1. The third kappa shape index (κ3) is 9.20. The normalized spacial score (nSPS) is 12.7. The van der Waals surface area contributed by atoms with Gasteiger partial charge in [0.1, 0.15) is 0 Å². The largest absolute Gasteiger partial charge is 0.478 e. The molecule has 1 heterocycles. The second-order valence-electron chi connectivity index (χ2n) is 5.60. The molecule has 0 saturated heterocycles. The van der Waals surface area contributed by atoms with Crippen LogP contribution >= 0.6 is 0 Å². The lowest BCUT2D eigenvalue weighted by atomic mass is 10.1. The van der Waals surface area contributed by atoms with E-state index in [1.54, 1.807) is 19.2 Å². The maximum absolute atomic E-state index is 11.9. The minimum absolute atomic E-state index is 0.128. The smallest absolute Gasteiger partial charge is 0.307 e. The summed E-state index contributed by atoms with van der Waals surface area (Å²) in [7, 11) is 1.51. The number of pyridine rings is 1. The number of nitrogens with zero attached hydrogens (tertiary/aromatic N) is 4. The molecular weight excluding hydrogens is 354 g/mol. The van der Waals surface area contributed by atoms with Gasteiger partial charge in [-0.2, -0.15) is 0 Å². The van der Waals surface area contributed by atoms with Crippen molar-refractivity contribution in [2.45, 2.75) is 31.9 Å². The van der Waals surface area contributed by atoms with E-state index in [1.165, 1.54) is 7.11 Å². The van der Waals surface area contributed by atoms with Crippen LogP contribution in [0.2, 0.25) is 0 Å². The van der Waals surface area contributed by atoms with Crippen molar-refractivity contribution in [3.63, 3.8) is 0 Å². The fourth-order valence-corrected chi connectivity index (χ4v) is 2.23. The second-order valence-corrected chi connectivity index (χ2v) is 5.60. The molecule has 0 radical (unpaired) electrons. The van der Waals surface area contributed by atoms with Crippen LogP contribution in [0.25, 0.3) is 10.4 Å². The van der Waals surface area contributed by atoms with E-state index in [0.717, 1.165) is 5.56 Å². The fourth-order valence-electron chi connectivity index (χ4n) is 2.23. The Morgan fingerprint density at radius 1 is 1.48 bits per heavy atom. The van der Waals surface area contributed by atoms with E-state index in [4.69, 9.17) is 19.7 Å². The molecule has 1 aromatic heterocycles. The summed E-state index contributed by atoms with van der Waals surface area (Å²) in [6.45, 7) is 3.06. The highest BCUT2D eigenvalue weighted by Gasteiger charge is 2.19. The molecule has 10 nitrogen and oxygen atoms in total. The average Bonchev–Trinajstić information content (AvgIpc) is 2.68. The van der Waals surface area contributed by atoms with Gasteiger partial charge in [-0.25, -0.2) is 4.98 Å². The first kappa shape index (κ1) is 22.7. The number of ether oxygens (including phenoxy) is 3. The Morgan fingerprint density at radius 3 is 2.89 bits per heavy atom. The minimum Gasteiger partial charge on any atom is -0.478 e. The monoisotopic (exact) mass is 381 g/mol. The summed E-state index contributed by atoms with van der Waals surface area (Å²) < 4.78 is 15.6. The zero-order chi connectivity index (χ0) is 19.9. The van der Waals surface area contributed by atoms with E-state index >= 15 is 0 Å². The van der Waals surface area contributed by atoms with E-state index in [2.05, 4.69) is 20.3 Å². The minimum atomic E-state index is -0.374. The van der Waals surface area contributed by atoms with Crippen molar-refractivity contribution in [1.82, 2.24) is 10.3 Å². The first-order valence-electron chi connectivity index (χ1n) is 8.76. The number of aliphatic hydroxyl groups is 1. The molecule has 0 amide bonds. The number of aromatic nitrogens is 1. The molecule has 27 heavy (non-hydrogen) atoms. The number of azide groups is 1. The van der Waals surface area contributed by atoms with Gasteiger partial charge in [-0.15, -0.1) is 0 Å². The molecule has 1 rings (SSSR count). The number of esters is 1. The van der Waals surface area contributed by atoms with Crippen LogP contribution in [0.5, 0.6) is 5.88 Å². The predicted molar refractivity (Wildman–Crippen MR) is 98.2 cm³/mol. The third-order valence-electron chi connectivity index (χ3n) is 3.68. The van der Waals surface area contributed by atoms with Crippen molar-refractivity contribution < 1.29 is 24.1 Å². The number of carbonyl (C=O) groups is 1. The number of nitrogens with one attached hydrogen (secondary N) is 1. The first-order chi connectivity index (χ1) is 13.1. The van der Waals surface area contributed by atoms with Crippen LogP contribution in [0.4, 0.5) is 0 Å². The van der Waals surface area contributed by atoms with Crippen LogP contribution in [-0.4, -0.2) is 62.2 Å². The maximum Gasteiger partial charge on any atom is 0.307 e. The highest BCUT2D eigenvalue weighted by atomic mass is 16.5. The topological polar surface area (TPSA) is 139 Å². The molecule has 10 heteroatoms. The quantitative estimate of drug-likeness (QED) is 0.164. The van der Waals surface area contributed by atoms with Gasteiger partial charge in [-0.3, -0.25) is 4.79 Å². The Balaban J connectivity index is 2.69. The van der Waals surface area contributed by atoms with Gasteiger partial charge in [0, 0.05) is 43.4 Å². The van der Waals surface area contributed by atoms with Crippen molar-refractivity contribution in [2.24, 2.45) is 5.11 Å². The lowest BCUT2D eigenvalue weighted by Gasteiger charge is -2.21. The summed E-state index contributed by atoms with van der Waals surface area (Å²) in [4.78, 5) is 18.8. The van der Waals surface area contributed by atoms with Crippen LogP contribution in [0.15, 0.2) is 23.4 Å². The van der Waals surface area contributed by atoms with E-state index in [0.29, 0.717) is 38.6 Å². The fraction of sp³-hybridized carbons (Fsp3) is 0.647. The van der Waals surface area contributed by atoms with Gasteiger partial charge in [0.25, 0.3) is 0 Å². The van der Waals surface area contributed by atoms with E-state index < -0.39 is 0 Å². The molecule has 0 spiro atoms. The maximum atomic E-state index is 11.9. The third-order valence-corrected chi connectivity index (χ3v) is 3.68. The summed E-state index contributed by atoms with van der Waals surface area (Å²) in [5.74, 6) is 0.117. The van der Waals surface area contributed by atoms with Crippen LogP contribution in [0, 0.1) is 0 Å². The number of rotatable bonds is 14. The van der Waals surface area contributed by atoms with Crippen molar-refractivity contribution in [3.8, 4) is 5.88 Å². The van der Waals surface area contributed by atoms with Crippen LogP contribution in [0.1, 0.15) is 31.4 Å². The van der Waals surface area contributed by atoms with Gasteiger partial charge in [-0.1, -0.05) is 11.2 Å². The SMILES string of the molecule is CCOC(=O)C[C@H](NCC(CO)OC)c1ccc(OCCCN=[N+]=[N-])nc1. The van der Waals surface area contributed by atoms with Gasteiger partial charge >= 0.3 is 5.97 Å². The number of methoxy groups -OCH3 is 1. The summed E-state index contributed by atoms with van der Waals surface area (Å²) >= 11 is 0. The van der Waals surface area contributed by atoms with Gasteiger partial charge < -0.3 is 24.6 Å². The molecule has 0 fully saturated rings. The van der Waals surface area contributed by atoms with Crippen molar-refractivity contribution in [3.05, 3.63) is 34.3 Å². The Hall–Kier alpha value is -2.39. The molecule has 0 bridgehead atoms. The molecule has 2 atom stereocenters. The summed E-state index contributed by atoms with van der Waals surface area (Å²) in [6.07, 6.45) is 1.98. The average molecular weight is 381 g/mol. The molecule has 0 aliphatic rings. The van der Waals surface area contributed by atoms with E-state index in [1.807, 2.05) is 6.07 Å². The zero-order valence-electron chi connectivity index (χ0n) is 15.7. The molecular formula is C17H27N5O5. The van der Waals surface area contributed by atoms with E-state index in [-0.39, 0.29) is 31.1 Å². The molecule has 0 saturated carbocycles. The summed E-state index contributed by atoms with van der Waals surface area (Å²) in [6, 6.07) is 3.19. The Bertz CT molecular complexity index is 588. The van der Waals surface area contributed by atoms with Gasteiger partial charge in [0.05, 0.1) is 32.3 Å².